The topological polar surface area (TPSA) is 35.0 Å². The highest BCUT2D eigenvalue weighted by Crippen LogP contribution is 2.13. The number of nitrogens with zero attached hydrogens (tertiary/aromatic N) is 2. The molecule has 0 N–H and O–H groups in total. The molecule has 0 saturated carbocycles. The molecule has 0 aliphatic carbocycles. The van der Waals surface area contributed by atoms with Crippen LogP contribution in [0, 0.1) is 0 Å². The summed E-state index contributed by atoms with van der Waals surface area (Å²) in [5, 5.41) is 0.426. The molecule has 12 heavy (non-hydrogen) atoms. The predicted octanol–water partition coefficient (Wildman–Crippen LogP) is 1.88. The van der Waals surface area contributed by atoms with Gasteiger partial charge in [0.15, 0.2) is 0 Å². The molecule has 0 bridgehead atoms. The van der Waals surface area contributed by atoms with E-state index in [1.54, 1.807) is 13.3 Å². The van der Waals surface area contributed by atoms with Gasteiger partial charge in [-0.05, 0) is 0 Å². The zero-order valence-corrected chi connectivity index (χ0v) is 7.88. The number of methoxy groups -OCH3 is 1. The van der Waals surface area contributed by atoms with Crippen molar-refractivity contribution in [3.63, 3.8) is 0 Å². The Morgan fingerprint density at radius 1 is 1.58 bits per heavy atom. The molecule has 1 heterocycles. The second kappa shape index (κ2) is 4.38. The lowest BCUT2D eigenvalue weighted by Crippen LogP contribution is -2.04. The smallest absolute Gasteiger partial charge is 0.147 e. The van der Waals surface area contributed by atoms with Gasteiger partial charge in [0.2, 0.25) is 0 Å². The van der Waals surface area contributed by atoms with Crippen molar-refractivity contribution in [2.75, 3.05) is 13.7 Å². The quantitative estimate of drug-likeness (QED) is 0.723. The number of hydrogen-bond donors (Lipinski definition) is 0. The summed E-state index contributed by atoms with van der Waals surface area (Å²) in [6, 6.07) is 0. The zero-order valence-electron chi connectivity index (χ0n) is 7.12. The predicted molar refractivity (Wildman–Crippen MR) is 47.3 cm³/mol. The molecule has 0 spiro atoms. The van der Waals surface area contributed by atoms with Crippen LogP contribution in [0.4, 0.5) is 0 Å². The minimum atomic E-state index is 0.237. The number of aromatic nitrogens is 2. The summed E-state index contributed by atoms with van der Waals surface area (Å²) in [7, 11) is 1.66. The summed E-state index contributed by atoms with van der Waals surface area (Å²) in [5.74, 6) is 0.237. The third kappa shape index (κ3) is 2.43. The molecular formula is C8H11ClN2O. The Balaban J connectivity index is 2.73. The normalized spacial score (nSPS) is 12.9. The summed E-state index contributed by atoms with van der Waals surface area (Å²) < 4.78 is 4.99. The van der Waals surface area contributed by atoms with Gasteiger partial charge in [-0.3, -0.25) is 4.98 Å². The third-order valence-corrected chi connectivity index (χ3v) is 1.73. The van der Waals surface area contributed by atoms with Crippen LogP contribution < -0.4 is 0 Å². The van der Waals surface area contributed by atoms with E-state index in [-0.39, 0.29) is 5.92 Å². The van der Waals surface area contributed by atoms with Crippen LogP contribution in [0.15, 0.2) is 12.4 Å². The molecule has 4 heteroatoms. The van der Waals surface area contributed by atoms with E-state index >= 15 is 0 Å². The van der Waals surface area contributed by atoms with Crippen LogP contribution in [-0.2, 0) is 4.74 Å². The Morgan fingerprint density at radius 3 is 2.92 bits per heavy atom. The fourth-order valence-corrected chi connectivity index (χ4v) is 1.08. The first-order valence-corrected chi connectivity index (χ1v) is 4.08. The maximum Gasteiger partial charge on any atom is 0.147 e. The van der Waals surface area contributed by atoms with Gasteiger partial charge in [-0.25, -0.2) is 4.98 Å². The van der Waals surface area contributed by atoms with Crippen LogP contribution >= 0.6 is 11.6 Å². The molecule has 0 aromatic carbocycles. The molecular weight excluding hydrogens is 176 g/mol. The Morgan fingerprint density at radius 2 is 2.33 bits per heavy atom. The summed E-state index contributed by atoms with van der Waals surface area (Å²) in [6.45, 7) is 2.65. The molecule has 0 radical (unpaired) electrons. The van der Waals surface area contributed by atoms with E-state index in [9.17, 15) is 0 Å². The van der Waals surface area contributed by atoms with Crippen molar-refractivity contribution in [2.45, 2.75) is 12.8 Å². The van der Waals surface area contributed by atoms with Crippen molar-refractivity contribution >= 4 is 11.6 Å². The zero-order chi connectivity index (χ0) is 8.97. The van der Waals surface area contributed by atoms with E-state index in [1.165, 1.54) is 6.20 Å². The molecule has 0 fully saturated rings. The van der Waals surface area contributed by atoms with E-state index < -0.39 is 0 Å². The maximum absolute atomic E-state index is 5.67. The molecule has 1 aromatic heterocycles. The van der Waals surface area contributed by atoms with Crippen molar-refractivity contribution in [1.82, 2.24) is 9.97 Å². The molecule has 0 aliphatic heterocycles. The minimum Gasteiger partial charge on any atom is -0.384 e. The van der Waals surface area contributed by atoms with E-state index in [0.29, 0.717) is 11.8 Å². The van der Waals surface area contributed by atoms with Crippen LogP contribution in [-0.4, -0.2) is 23.7 Å². The summed E-state index contributed by atoms with van der Waals surface area (Å²) in [5.41, 5.74) is 0.865. The van der Waals surface area contributed by atoms with E-state index in [0.717, 1.165) is 5.69 Å². The lowest BCUT2D eigenvalue weighted by molar-refractivity contribution is 0.183. The highest BCUT2D eigenvalue weighted by Gasteiger charge is 2.06. The fraction of sp³-hybridized carbons (Fsp3) is 0.500. The van der Waals surface area contributed by atoms with Crippen LogP contribution in [0.2, 0.25) is 5.15 Å². The Labute approximate surface area is 76.7 Å². The highest BCUT2D eigenvalue weighted by molar-refractivity contribution is 6.29. The monoisotopic (exact) mass is 186 g/mol. The van der Waals surface area contributed by atoms with E-state index in [1.807, 2.05) is 6.92 Å². The summed E-state index contributed by atoms with van der Waals surface area (Å²) in [6.07, 6.45) is 3.22. The molecule has 66 valence electrons. The molecule has 0 amide bonds. The fourth-order valence-electron chi connectivity index (χ4n) is 0.929. The maximum atomic E-state index is 5.67. The first kappa shape index (κ1) is 9.42. The van der Waals surface area contributed by atoms with Crippen molar-refractivity contribution in [3.05, 3.63) is 23.2 Å². The van der Waals surface area contributed by atoms with Gasteiger partial charge in [0.1, 0.15) is 5.15 Å². The van der Waals surface area contributed by atoms with Crippen molar-refractivity contribution in [2.24, 2.45) is 0 Å². The van der Waals surface area contributed by atoms with Crippen molar-refractivity contribution < 1.29 is 4.74 Å². The van der Waals surface area contributed by atoms with Gasteiger partial charge >= 0.3 is 0 Å². The van der Waals surface area contributed by atoms with Gasteiger partial charge in [0.25, 0.3) is 0 Å². The lowest BCUT2D eigenvalue weighted by atomic mass is 10.1. The van der Waals surface area contributed by atoms with Gasteiger partial charge in [-0.15, -0.1) is 0 Å². The average Bonchev–Trinajstić information content (AvgIpc) is 2.05. The van der Waals surface area contributed by atoms with Crippen LogP contribution in [0.3, 0.4) is 0 Å². The second-order valence-electron chi connectivity index (χ2n) is 2.62. The average molecular weight is 187 g/mol. The molecule has 0 saturated heterocycles. The van der Waals surface area contributed by atoms with Gasteiger partial charge in [0, 0.05) is 19.2 Å². The SMILES string of the molecule is COCC(C)c1cncc(Cl)n1. The number of halogens is 1. The Hall–Kier alpha value is -0.670. The number of ether oxygens (including phenoxy) is 1. The standard InChI is InChI=1S/C8H11ClN2O/c1-6(5-12-2)7-3-10-4-8(9)11-7/h3-4,6H,5H2,1-2H3. The van der Waals surface area contributed by atoms with Gasteiger partial charge in [-0.1, -0.05) is 18.5 Å². The third-order valence-electron chi connectivity index (χ3n) is 1.55. The minimum absolute atomic E-state index is 0.237. The molecule has 1 unspecified atom stereocenters. The molecule has 0 aliphatic rings. The van der Waals surface area contributed by atoms with Gasteiger partial charge in [-0.2, -0.15) is 0 Å². The van der Waals surface area contributed by atoms with Crippen LogP contribution in [0.5, 0.6) is 0 Å². The van der Waals surface area contributed by atoms with E-state index in [4.69, 9.17) is 16.3 Å². The Bertz CT molecular complexity index is 255. The lowest BCUT2D eigenvalue weighted by Gasteiger charge is -2.08. The molecule has 3 nitrogen and oxygen atoms in total. The second-order valence-corrected chi connectivity index (χ2v) is 3.01. The molecule has 1 aromatic rings. The first-order chi connectivity index (χ1) is 5.74. The summed E-state index contributed by atoms with van der Waals surface area (Å²) in [4.78, 5) is 8.05. The van der Waals surface area contributed by atoms with E-state index in [2.05, 4.69) is 9.97 Å². The van der Waals surface area contributed by atoms with Gasteiger partial charge in [0.05, 0.1) is 18.5 Å². The first-order valence-electron chi connectivity index (χ1n) is 3.70. The number of hydrogen-bond acceptors (Lipinski definition) is 3. The van der Waals surface area contributed by atoms with Crippen LogP contribution in [0.1, 0.15) is 18.5 Å². The van der Waals surface area contributed by atoms with Gasteiger partial charge < -0.3 is 4.74 Å². The number of rotatable bonds is 3. The highest BCUT2D eigenvalue weighted by atomic mass is 35.5. The van der Waals surface area contributed by atoms with Crippen molar-refractivity contribution in [3.8, 4) is 0 Å². The molecule has 1 rings (SSSR count). The van der Waals surface area contributed by atoms with Crippen molar-refractivity contribution in [1.29, 1.82) is 0 Å². The van der Waals surface area contributed by atoms with Crippen LogP contribution in [0.25, 0.3) is 0 Å². The Kier molecular flexibility index (Phi) is 3.44. The molecule has 1 atom stereocenters. The summed E-state index contributed by atoms with van der Waals surface area (Å²) >= 11 is 5.67. The largest absolute Gasteiger partial charge is 0.384 e.